The van der Waals surface area contributed by atoms with Crippen molar-refractivity contribution >= 4 is 35.8 Å². The van der Waals surface area contributed by atoms with Crippen LogP contribution in [0.15, 0.2) is 27.8 Å². The van der Waals surface area contributed by atoms with Gasteiger partial charge in [-0.3, -0.25) is 4.79 Å². The van der Waals surface area contributed by atoms with E-state index < -0.39 is 5.60 Å². The zero-order valence-corrected chi connectivity index (χ0v) is 17.8. The highest BCUT2D eigenvalue weighted by Gasteiger charge is 2.26. The van der Waals surface area contributed by atoms with Crippen LogP contribution in [0.4, 0.5) is 0 Å². The quantitative estimate of drug-likeness (QED) is 0.254. The number of halogens is 1. The van der Waals surface area contributed by atoms with Crippen LogP contribution >= 0.6 is 24.0 Å². The Morgan fingerprint density at radius 3 is 2.68 bits per heavy atom. The lowest BCUT2D eigenvalue weighted by Crippen LogP contribution is -2.41. The number of nitrogens with one attached hydrogen (secondary N) is 3. The smallest absolute Gasteiger partial charge is 0.221 e. The van der Waals surface area contributed by atoms with Crippen LogP contribution in [0, 0.1) is 0 Å². The third-order valence-electron chi connectivity index (χ3n) is 3.61. The zero-order chi connectivity index (χ0) is 18.0. The summed E-state index contributed by atoms with van der Waals surface area (Å²) < 4.78 is 5.24. The van der Waals surface area contributed by atoms with Crippen molar-refractivity contribution in [2.45, 2.75) is 52.2 Å². The van der Waals surface area contributed by atoms with E-state index in [1.165, 1.54) is 6.26 Å². The first-order valence-electron chi connectivity index (χ1n) is 8.47. The second kappa shape index (κ2) is 12.1. The van der Waals surface area contributed by atoms with Gasteiger partial charge in [-0.2, -0.15) is 0 Å². The van der Waals surface area contributed by atoms with E-state index in [1.807, 2.05) is 20.8 Å². The van der Waals surface area contributed by atoms with Crippen LogP contribution in [0.1, 0.15) is 46.3 Å². The summed E-state index contributed by atoms with van der Waals surface area (Å²) in [4.78, 5) is 16.1. The molecule has 0 fully saturated rings. The molecule has 7 nitrogen and oxygen atoms in total. The molecule has 144 valence electrons. The van der Waals surface area contributed by atoms with E-state index in [4.69, 9.17) is 4.42 Å². The summed E-state index contributed by atoms with van der Waals surface area (Å²) in [6, 6.07) is 3.63. The molecule has 0 saturated heterocycles. The van der Waals surface area contributed by atoms with Crippen molar-refractivity contribution < 1.29 is 14.3 Å². The number of guanidine groups is 1. The highest BCUT2D eigenvalue weighted by atomic mass is 127. The minimum atomic E-state index is -1.18. The van der Waals surface area contributed by atoms with Crippen molar-refractivity contribution in [3.63, 3.8) is 0 Å². The SMILES string of the molecule is CCNC(=NCC(C)(O)c1ccco1)NCCC(=O)NC(C)CC.I. The summed E-state index contributed by atoms with van der Waals surface area (Å²) in [6.45, 7) is 8.92. The van der Waals surface area contributed by atoms with Crippen LogP contribution in [0.2, 0.25) is 0 Å². The van der Waals surface area contributed by atoms with E-state index in [0.29, 0.717) is 31.2 Å². The monoisotopic (exact) mass is 466 g/mol. The Morgan fingerprint density at radius 1 is 1.40 bits per heavy atom. The van der Waals surface area contributed by atoms with Gasteiger partial charge in [-0.25, -0.2) is 4.99 Å². The summed E-state index contributed by atoms with van der Waals surface area (Å²) in [5, 5.41) is 19.5. The standard InChI is InChI=1S/C17H30N4O3.HI/c1-5-13(3)21-15(22)9-10-19-16(18-6-2)20-12-17(4,23)14-8-7-11-24-14;/h7-8,11,13,23H,5-6,9-10,12H2,1-4H3,(H,21,22)(H2,18,19,20);1H. The minimum absolute atomic E-state index is 0. The maximum absolute atomic E-state index is 11.8. The maximum atomic E-state index is 11.8. The number of furan rings is 1. The van der Waals surface area contributed by atoms with E-state index in [0.717, 1.165) is 6.42 Å². The number of nitrogens with zero attached hydrogens (tertiary/aromatic N) is 1. The van der Waals surface area contributed by atoms with Gasteiger partial charge in [0.1, 0.15) is 11.4 Å². The van der Waals surface area contributed by atoms with Gasteiger partial charge in [-0.15, -0.1) is 24.0 Å². The minimum Gasteiger partial charge on any atom is -0.466 e. The first-order valence-corrected chi connectivity index (χ1v) is 8.47. The second-order valence-electron chi connectivity index (χ2n) is 6.00. The molecule has 1 amide bonds. The number of amides is 1. The fraction of sp³-hybridized carbons (Fsp3) is 0.647. The topological polar surface area (TPSA) is 98.9 Å². The van der Waals surface area contributed by atoms with Gasteiger partial charge in [0.25, 0.3) is 0 Å². The third-order valence-corrected chi connectivity index (χ3v) is 3.61. The highest BCUT2D eigenvalue weighted by Crippen LogP contribution is 2.20. The molecule has 0 saturated carbocycles. The Morgan fingerprint density at radius 2 is 2.12 bits per heavy atom. The molecule has 0 aromatic carbocycles. The van der Waals surface area contributed by atoms with Crippen molar-refractivity contribution in [3.8, 4) is 0 Å². The zero-order valence-electron chi connectivity index (χ0n) is 15.5. The lowest BCUT2D eigenvalue weighted by atomic mass is 10.0. The number of rotatable bonds is 9. The lowest BCUT2D eigenvalue weighted by molar-refractivity contribution is -0.121. The number of aliphatic imine (C=N–C) groups is 1. The van der Waals surface area contributed by atoms with Gasteiger partial charge < -0.3 is 25.5 Å². The molecule has 1 aromatic heterocycles. The molecule has 1 aromatic rings. The van der Waals surface area contributed by atoms with E-state index in [2.05, 4.69) is 20.9 Å². The molecule has 0 aliphatic rings. The molecule has 1 rings (SSSR count). The van der Waals surface area contributed by atoms with E-state index >= 15 is 0 Å². The van der Waals surface area contributed by atoms with Gasteiger partial charge in [0, 0.05) is 25.6 Å². The average Bonchev–Trinajstić information content (AvgIpc) is 3.07. The van der Waals surface area contributed by atoms with Crippen LogP contribution in [0.5, 0.6) is 0 Å². The van der Waals surface area contributed by atoms with Crippen LogP contribution < -0.4 is 16.0 Å². The molecular weight excluding hydrogens is 435 g/mol. The van der Waals surface area contributed by atoms with Gasteiger partial charge in [-0.05, 0) is 39.3 Å². The van der Waals surface area contributed by atoms with Gasteiger partial charge in [-0.1, -0.05) is 6.92 Å². The lowest BCUT2D eigenvalue weighted by Gasteiger charge is -2.19. The summed E-state index contributed by atoms with van der Waals surface area (Å²) in [6.07, 6.45) is 2.79. The molecule has 0 bridgehead atoms. The molecule has 0 radical (unpaired) electrons. The van der Waals surface area contributed by atoms with Gasteiger partial charge in [0.15, 0.2) is 5.96 Å². The highest BCUT2D eigenvalue weighted by molar-refractivity contribution is 14.0. The summed E-state index contributed by atoms with van der Waals surface area (Å²) >= 11 is 0. The Bertz CT molecular complexity index is 518. The Kier molecular flexibility index (Phi) is 11.5. The van der Waals surface area contributed by atoms with Crippen molar-refractivity contribution in [1.29, 1.82) is 0 Å². The third kappa shape index (κ3) is 9.10. The van der Waals surface area contributed by atoms with Crippen molar-refractivity contribution in [1.82, 2.24) is 16.0 Å². The number of hydrogen-bond acceptors (Lipinski definition) is 4. The number of carbonyl (C=O) groups excluding carboxylic acids is 1. The fourth-order valence-corrected chi connectivity index (χ4v) is 1.98. The Hall–Kier alpha value is -1.29. The van der Waals surface area contributed by atoms with Crippen molar-refractivity contribution in [2.24, 2.45) is 4.99 Å². The molecule has 2 unspecified atom stereocenters. The first-order chi connectivity index (χ1) is 11.4. The molecular formula is C17H31IN4O3. The molecule has 0 spiro atoms. The fourth-order valence-electron chi connectivity index (χ4n) is 1.98. The summed E-state index contributed by atoms with van der Waals surface area (Å²) in [5.41, 5.74) is -1.18. The molecule has 0 aliphatic heterocycles. The first kappa shape index (κ1) is 23.7. The largest absolute Gasteiger partial charge is 0.466 e. The maximum Gasteiger partial charge on any atom is 0.221 e. The van der Waals surface area contributed by atoms with Crippen LogP contribution in [-0.4, -0.2) is 42.6 Å². The average molecular weight is 466 g/mol. The molecule has 25 heavy (non-hydrogen) atoms. The van der Waals surface area contributed by atoms with Gasteiger partial charge in [0.2, 0.25) is 5.91 Å². The normalized spacial score (nSPS) is 14.8. The number of hydrogen-bond donors (Lipinski definition) is 4. The number of carbonyl (C=O) groups is 1. The van der Waals surface area contributed by atoms with Crippen LogP contribution in [0.25, 0.3) is 0 Å². The molecule has 8 heteroatoms. The number of aliphatic hydroxyl groups is 1. The van der Waals surface area contributed by atoms with Crippen LogP contribution in [0.3, 0.4) is 0 Å². The molecule has 0 aliphatic carbocycles. The van der Waals surface area contributed by atoms with Crippen molar-refractivity contribution in [2.75, 3.05) is 19.6 Å². The van der Waals surface area contributed by atoms with Crippen LogP contribution in [-0.2, 0) is 10.4 Å². The van der Waals surface area contributed by atoms with E-state index in [-0.39, 0.29) is 42.5 Å². The second-order valence-corrected chi connectivity index (χ2v) is 6.00. The van der Waals surface area contributed by atoms with Crippen molar-refractivity contribution in [3.05, 3.63) is 24.2 Å². The predicted octanol–water partition coefficient (Wildman–Crippen LogP) is 1.96. The molecule has 4 N–H and O–H groups in total. The van der Waals surface area contributed by atoms with Gasteiger partial charge in [0.05, 0.1) is 12.8 Å². The summed E-state index contributed by atoms with van der Waals surface area (Å²) in [5.74, 6) is 1.03. The summed E-state index contributed by atoms with van der Waals surface area (Å²) in [7, 11) is 0. The molecule has 2 atom stereocenters. The van der Waals surface area contributed by atoms with Gasteiger partial charge >= 0.3 is 0 Å². The van der Waals surface area contributed by atoms with E-state index in [1.54, 1.807) is 19.1 Å². The Balaban J connectivity index is 0.00000576. The Labute approximate surface area is 167 Å². The molecule has 1 heterocycles. The van der Waals surface area contributed by atoms with E-state index in [9.17, 15) is 9.90 Å². The predicted molar refractivity (Wildman–Crippen MR) is 110 cm³/mol.